The average Bonchev–Trinajstić information content (AvgIpc) is 3.27. The number of hydrogen-bond acceptors (Lipinski definition) is 3. The van der Waals surface area contributed by atoms with Crippen molar-refractivity contribution >= 4 is 5.91 Å². The van der Waals surface area contributed by atoms with Crippen molar-refractivity contribution in [3.8, 4) is 0 Å². The number of ether oxygens (including phenoxy) is 1. The summed E-state index contributed by atoms with van der Waals surface area (Å²) in [5.41, 5.74) is 4.28. The molecule has 2 aliphatic heterocycles. The molecule has 1 amide bonds. The number of aromatic nitrogens is 2. The molecule has 2 aliphatic rings. The molecule has 0 saturated carbocycles. The number of hydrogen-bond donors (Lipinski definition) is 0. The number of amides is 1. The van der Waals surface area contributed by atoms with Crippen LogP contribution in [0.1, 0.15) is 39.9 Å². The first-order chi connectivity index (χ1) is 11.2. The lowest BCUT2D eigenvalue weighted by Gasteiger charge is -2.25. The molecule has 0 spiro atoms. The van der Waals surface area contributed by atoms with Crippen molar-refractivity contribution in [3.63, 3.8) is 0 Å². The van der Waals surface area contributed by atoms with E-state index in [1.165, 1.54) is 5.56 Å². The molecule has 1 aromatic carbocycles. The molecule has 5 nitrogen and oxygen atoms in total. The van der Waals surface area contributed by atoms with Gasteiger partial charge in [-0.1, -0.05) is 6.07 Å². The molecule has 1 aromatic heterocycles. The molecule has 2 aromatic rings. The maximum atomic E-state index is 12.9. The van der Waals surface area contributed by atoms with Gasteiger partial charge < -0.3 is 9.64 Å². The Morgan fingerprint density at radius 2 is 2.22 bits per heavy atom. The van der Waals surface area contributed by atoms with Crippen LogP contribution in [0.15, 0.2) is 30.6 Å². The summed E-state index contributed by atoms with van der Waals surface area (Å²) in [5, 5.41) is 4.36. The molecular weight excluding hydrogens is 290 g/mol. The molecule has 1 unspecified atom stereocenters. The summed E-state index contributed by atoms with van der Waals surface area (Å²) in [6.07, 6.45) is 6.00. The third-order valence-corrected chi connectivity index (χ3v) is 4.77. The number of carbonyl (C=O) groups is 1. The second kappa shape index (κ2) is 5.81. The zero-order chi connectivity index (χ0) is 15.8. The summed E-state index contributed by atoms with van der Waals surface area (Å²) in [6, 6.07) is 6.19. The number of likely N-dealkylation sites (tertiary alicyclic amines) is 1. The summed E-state index contributed by atoms with van der Waals surface area (Å²) in [5.74, 6) is 0.131. The first kappa shape index (κ1) is 14.5. The summed E-state index contributed by atoms with van der Waals surface area (Å²) in [4.78, 5) is 14.9. The van der Waals surface area contributed by atoms with Gasteiger partial charge in [-0.3, -0.25) is 9.48 Å². The Labute approximate surface area is 135 Å². The van der Waals surface area contributed by atoms with E-state index in [9.17, 15) is 4.79 Å². The van der Waals surface area contributed by atoms with E-state index in [4.69, 9.17) is 4.74 Å². The van der Waals surface area contributed by atoms with E-state index >= 15 is 0 Å². The van der Waals surface area contributed by atoms with Crippen LogP contribution in [0.25, 0.3) is 0 Å². The number of benzene rings is 1. The zero-order valence-electron chi connectivity index (χ0n) is 13.4. The second-order valence-corrected chi connectivity index (χ2v) is 6.51. The molecule has 0 N–H and O–H groups in total. The van der Waals surface area contributed by atoms with Crippen molar-refractivity contribution in [2.24, 2.45) is 0 Å². The molecule has 23 heavy (non-hydrogen) atoms. The van der Waals surface area contributed by atoms with Crippen LogP contribution in [-0.2, 0) is 24.5 Å². The molecule has 4 rings (SSSR count). The molecule has 3 heterocycles. The Kier molecular flexibility index (Phi) is 3.65. The minimum atomic E-state index is 0.131. The third-order valence-electron chi connectivity index (χ3n) is 4.77. The van der Waals surface area contributed by atoms with Crippen molar-refractivity contribution in [1.29, 1.82) is 0 Å². The highest BCUT2D eigenvalue weighted by molar-refractivity contribution is 5.95. The van der Waals surface area contributed by atoms with Gasteiger partial charge >= 0.3 is 0 Å². The van der Waals surface area contributed by atoms with Crippen LogP contribution in [0.3, 0.4) is 0 Å². The fraction of sp³-hybridized carbons (Fsp3) is 0.444. The molecule has 1 fully saturated rings. The first-order valence-corrected chi connectivity index (χ1v) is 8.20. The van der Waals surface area contributed by atoms with E-state index in [1.54, 1.807) is 0 Å². The van der Waals surface area contributed by atoms with E-state index in [0.29, 0.717) is 13.2 Å². The Bertz CT molecular complexity index is 738. The van der Waals surface area contributed by atoms with Crippen LogP contribution >= 0.6 is 0 Å². The maximum Gasteiger partial charge on any atom is 0.254 e. The lowest BCUT2D eigenvalue weighted by molar-refractivity contribution is 0.0721. The van der Waals surface area contributed by atoms with E-state index in [2.05, 4.69) is 5.10 Å². The number of rotatable bonds is 3. The monoisotopic (exact) mass is 311 g/mol. The predicted molar refractivity (Wildman–Crippen MR) is 86.0 cm³/mol. The van der Waals surface area contributed by atoms with Crippen molar-refractivity contribution in [3.05, 3.63) is 52.8 Å². The minimum Gasteiger partial charge on any atom is -0.372 e. The van der Waals surface area contributed by atoms with Crippen LogP contribution in [0.2, 0.25) is 0 Å². The number of carbonyl (C=O) groups excluding carboxylic acids is 1. The van der Waals surface area contributed by atoms with Gasteiger partial charge in [-0.15, -0.1) is 0 Å². The molecule has 1 saturated heterocycles. The molecule has 5 heteroatoms. The van der Waals surface area contributed by atoms with E-state index in [0.717, 1.165) is 42.6 Å². The molecule has 1 atom stereocenters. The van der Waals surface area contributed by atoms with Gasteiger partial charge in [0.15, 0.2) is 0 Å². The van der Waals surface area contributed by atoms with Crippen molar-refractivity contribution in [2.45, 2.75) is 45.6 Å². The Hall–Kier alpha value is -2.14. The summed E-state index contributed by atoms with van der Waals surface area (Å²) < 4.78 is 7.39. The summed E-state index contributed by atoms with van der Waals surface area (Å²) >= 11 is 0. The highest BCUT2D eigenvalue weighted by Crippen LogP contribution is 2.25. The Morgan fingerprint density at radius 1 is 1.35 bits per heavy atom. The van der Waals surface area contributed by atoms with Gasteiger partial charge in [0.05, 0.1) is 32.0 Å². The van der Waals surface area contributed by atoms with Crippen LogP contribution in [0, 0.1) is 6.92 Å². The lowest BCUT2D eigenvalue weighted by Crippen LogP contribution is -2.38. The first-order valence-electron chi connectivity index (χ1n) is 8.20. The quantitative estimate of drug-likeness (QED) is 0.875. The third kappa shape index (κ3) is 2.77. The van der Waals surface area contributed by atoms with E-state index < -0.39 is 0 Å². The SMILES string of the molecule is Cc1cnn(CC2CCCN2C(=O)c2ccc3c(c2)COC3)c1. The Morgan fingerprint density at radius 3 is 3.04 bits per heavy atom. The standard InChI is InChI=1S/C18H21N3O2/c1-13-8-19-20(9-13)10-17-3-2-6-21(17)18(22)14-4-5-15-11-23-12-16(15)7-14/h4-5,7-9,17H,2-3,6,10-12H2,1H3. The van der Waals surface area contributed by atoms with Gasteiger partial charge in [0.25, 0.3) is 5.91 Å². The lowest BCUT2D eigenvalue weighted by atomic mass is 10.1. The number of aryl methyl sites for hydroxylation is 1. The van der Waals surface area contributed by atoms with Gasteiger partial charge in [0.2, 0.25) is 0 Å². The Balaban J connectivity index is 1.52. The molecule has 0 bridgehead atoms. The molecule has 0 aliphatic carbocycles. The van der Waals surface area contributed by atoms with Crippen LogP contribution in [0.4, 0.5) is 0 Å². The van der Waals surface area contributed by atoms with Gasteiger partial charge in [0, 0.05) is 18.3 Å². The van der Waals surface area contributed by atoms with Gasteiger partial charge in [-0.05, 0) is 48.6 Å². The van der Waals surface area contributed by atoms with Gasteiger partial charge in [-0.25, -0.2) is 0 Å². The number of fused-ring (bicyclic) bond motifs is 1. The zero-order valence-corrected chi connectivity index (χ0v) is 13.4. The van der Waals surface area contributed by atoms with Crippen LogP contribution < -0.4 is 0 Å². The smallest absolute Gasteiger partial charge is 0.254 e. The van der Waals surface area contributed by atoms with Crippen LogP contribution in [-0.4, -0.2) is 33.2 Å². The normalized spacial score (nSPS) is 20.0. The van der Waals surface area contributed by atoms with Gasteiger partial charge in [-0.2, -0.15) is 5.10 Å². The van der Waals surface area contributed by atoms with E-state index in [1.807, 2.05) is 47.1 Å². The summed E-state index contributed by atoms with van der Waals surface area (Å²) in [6.45, 7) is 4.92. The van der Waals surface area contributed by atoms with Gasteiger partial charge in [0.1, 0.15) is 0 Å². The average molecular weight is 311 g/mol. The molecular formula is C18H21N3O2. The van der Waals surface area contributed by atoms with Crippen LogP contribution in [0.5, 0.6) is 0 Å². The highest BCUT2D eigenvalue weighted by Gasteiger charge is 2.30. The molecule has 0 radical (unpaired) electrons. The number of nitrogens with zero attached hydrogens (tertiary/aromatic N) is 3. The van der Waals surface area contributed by atoms with Crippen molar-refractivity contribution in [2.75, 3.05) is 6.54 Å². The maximum absolute atomic E-state index is 12.9. The predicted octanol–water partition coefficient (Wildman–Crippen LogP) is 2.53. The van der Waals surface area contributed by atoms with Crippen molar-refractivity contribution in [1.82, 2.24) is 14.7 Å². The summed E-state index contributed by atoms with van der Waals surface area (Å²) in [7, 11) is 0. The fourth-order valence-corrected chi connectivity index (χ4v) is 3.55. The largest absolute Gasteiger partial charge is 0.372 e. The highest BCUT2D eigenvalue weighted by atomic mass is 16.5. The molecule has 120 valence electrons. The minimum absolute atomic E-state index is 0.131. The fourth-order valence-electron chi connectivity index (χ4n) is 3.55. The second-order valence-electron chi connectivity index (χ2n) is 6.51. The van der Waals surface area contributed by atoms with Crippen molar-refractivity contribution < 1.29 is 9.53 Å². The van der Waals surface area contributed by atoms with E-state index in [-0.39, 0.29) is 11.9 Å². The topological polar surface area (TPSA) is 47.4 Å².